The van der Waals surface area contributed by atoms with Crippen LogP contribution in [0.15, 0.2) is 60.7 Å². The maximum absolute atomic E-state index is 12.6. The zero-order chi connectivity index (χ0) is 18.9. The lowest BCUT2D eigenvalue weighted by Gasteiger charge is -2.21. The van der Waals surface area contributed by atoms with Gasteiger partial charge in [0.1, 0.15) is 12.1 Å². The van der Waals surface area contributed by atoms with Gasteiger partial charge in [-0.2, -0.15) is 0 Å². The Kier molecular flexibility index (Phi) is 6.91. The highest BCUT2D eigenvalue weighted by atomic mass is 16.2. The summed E-state index contributed by atoms with van der Waals surface area (Å²) in [4.78, 5) is 36.8. The van der Waals surface area contributed by atoms with Gasteiger partial charge in [-0.1, -0.05) is 48.5 Å². The molecule has 2 aromatic carbocycles. The fourth-order valence-corrected chi connectivity index (χ4v) is 2.49. The van der Waals surface area contributed by atoms with Crippen LogP contribution in [0.4, 0.5) is 0 Å². The lowest BCUT2D eigenvalue weighted by Crippen LogP contribution is -2.53. The van der Waals surface area contributed by atoms with Crippen molar-refractivity contribution in [2.24, 2.45) is 0 Å². The van der Waals surface area contributed by atoms with Crippen molar-refractivity contribution in [3.8, 4) is 0 Å². The third-order valence-corrected chi connectivity index (χ3v) is 3.94. The summed E-state index contributed by atoms with van der Waals surface area (Å²) < 4.78 is 0. The van der Waals surface area contributed by atoms with Gasteiger partial charge in [0.15, 0.2) is 0 Å². The van der Waals surface area contributed by atoms with Gasteiger partial charge in [-0.25, -0.2) is 0 Å². The number of hydrogen-bond acceptors (Lipinski definition) is 3. The molecule has 0 aromatic heterocycles. The highest BCUT2D eigenvalue weighted by Crippen LogP contribution is 2.06. The van der Waals surface area contributed by atoms with Crippen LogP contribution in [0.1, 0.15) is 22.8 Å². The van der Waals surface area contributed by atoms with Crippen molar-refractivity contribution in [1.82, 2.24) is 16.0 Å². The third-order valence-electron chi connectivity index (χ3n) is 3.94. The van der Waals surface area contributed by atoms with Gasteiger partial charge in [0.2, 0.25) is 11.8 Å². The van der Waals surface area contributed by atoms with E-state index in [-0.39, 0.29) is 11.8 Å². The van der Waals surface area contributed by atoms with Crippen molar-refractivity contribution in [3.05, 3.63) is 71.8 Å². The van der Waals surface area contributed by atoms with Crippen LogP contribution in [-0.4, -0.2) is 36.9 Å². The second kappa shape index (κ2) is 9.36. The van der Waals surface area contributed by atoms with Gasteiger partial charge < -0.3 is 16.0 Å². The second-order valence-corrected chi connectivity index (χ2v) is 5.93. The van der Waals surface area contributed by atoms with Crippen molar-refractivity contribution in [3.63, 3.8) is 0 Å². The fourth-order valence-electron chi connectivity index (χ4n) is 2.49. The van der Waals surface area contributed by atoms with Gasteiger partial charge in [-0.05, 0) is 24.6 Å². The molecule has 2 atom stereocenters. The summed E-state index contributed by atoms with van der Waals surface area (Å²) in [7, 11) is 1.50. The van der Waals surface area contributed by atoms with Crippen LogP contribution >= 0.6 is 0 Å². The molecule has 3 N–H and O–H groups in total. The zero-order valence-corrected chi connectivity index (χ0v) is 14.9. The minimum atomic E-state index is -0.794. The molecule has 0 fully saturated rings. The first-order valence-corrected chi connectivity index (χ1v) is 8.43. The van der Waals surface area contributed by atoms with E-state index in [0.29, 0.717) is 12.0 Å². The van der Waals surface area contributed by atoms with Crippen molar-refractivity contribution in [2.45, 2.75) is 25.4 Å². The highest BCUT2D eigenvalue weighted by molar-refractivity contribution is 5.98. The number of carbonyl (C=O) groups excluding carboxylic acids is 3. The predicted molar refractivity (Wildman–Crippen MR) is 99.5 cm³/mol. The molecular formula is C20H23N3O3. The Bertz CT molecular complexity index is 747. The largest absolute Gasteiger partial charge is 0.357 e. The third kappa shape index (κ3) is 5.44. The number of likely N-dealkylation sites (N-methyl/N-ethyl adjacent to an activating group) is 1. The highest BCUT2D eigenvalue weighted by Gasteiger charge is 2.24. The smallest absolute Gasteiger partial charge is 0.251 e. The number of hydrogen-bond donors (Lipinski definition) is 3. The summed E-state index contributed by atoms with van der Waals surface area (Å²) in [6.07, 6.45) is 0.325. The number of amides is 3. The average molecular weight is 353 g/mol. The van der Waals surface area contributed by atoms with E-state index in [2.05, 4.69) is 16.0 Å². The van der Waals surface area contributed by atoms with Crippen molar-refractivity contribution < 1.29 is 14.4 Å². The van der Waals surface area contributed by atoms with Crippen molar-refractivity contribution in [1.29, 1.82) is 0 Å². The Hall–Kier alpha value is -3.15. The zero-order valence-electron chi connectivity index (χ0n) is 14.9. The maximum atomic E-state index is 12.6. The summed E-state index contributed by atoms with van der Waals surface area (Å²) in [5.74, 6) is -1.05. The van der Waals surface area contributed by atoms with Gasteiger partial charge in [0.25, 0.3) is 5.91 Å². The number of carbonyl (C=O) groups is 3. The van der Waals surface area contributed by atoms with Gasteiger partial charge >= 0.3 is 0 Å². The molecule has 2 rings (SSSR count). The molecule has 26 heavy (non-hydrogen) atoms. The summed E-state index contributed by atoms with van der Waals surface area (Å²) in [6, 6.07) is 16.6. The summed E-state index contributed by atoms with van der Waals surface area (Å²) >= 11 is 0. The lowest BCUT2D eigenvalue weighted by molar-refractivity contribution is -0.129. The van der Waals surface area contributed by atoms with Crippen LogP contribution in [-0.2, 0) is 16.0 Å². The SMILES string of the molecule is CNC(=O)[C@@H](C)NC(=O)[C@H](Cc1ccccc1)NC(=O)c1ccccc1. The van der Waals surface area contributed by atoms with E-state index in [1.165, 1.54) is 7.05 Å². The molecule has 3 amide bonds. The molecule has 2 aromatic rings. The van der Waals surface area contributed by atoms with Crippen LogP contribution < -0.4 is 16.0 Å². The predicted octanol–water partition coefficient (Wildman–Crippen LogP) is 1.28. The molecule has 0 saturated heterocycles. The van der Waals surface area contributed by atoms with Crippen molar-refractivity contribution >= 4 is 17.7 Å². The molecule has 0 saturated carbocycles. The Labute approximate surface area is 153 Å². The molecule has 0 unspecified atom stereocenters. The summed E-state index contributed by atoms with van der Waals surface area (Å²) in [6.45, 7) is 1.59. The minimum Gasteiger partial charge on any atom is -0.357 e. The molecule has 6 heteroatoms. The fraction of sp³-hybridized carbons (Fsp3) is 0.250. The van der Waals surface area contributed by atoms with Gasteiger partial charge in [-0.15, -0.1) is 0 Å². The molecule has 0 radical (unpaired) electrons. The molecule has 136 valence electrons. The number of nitrogens with one attached hydrogen (secondary N) is 3. The van der Waals surface area contributed by atoms with E-state index in [1.807, 2.05) is 36.4 Å². The second-order valence-electron chi connectivity index (χ2n) is 5.93. The minimum absolute atomic E-state index is 0.300. The first-order valence-electron chi connectivity index (χ1n) is 8.43. The quantitative estimate of drug-likeness (QED) is 0.701. The van der Waals surface area contributed by atoms with Gasteiger partial charge in [0, 0.05) is 19.0 Å². The molecule has 0 heterocycles. The van der Waals surface area contributed by atoms with E-state index in [0.717, 1.165) is 5.56 Å². The monoisotopic (exact) mass is 353 g/mol. The van der Waals surface area contributed by atoms with Crippen LogP contribution in [0, 0.1) is 0 Å². The first-order chi connectivity index (χ1) is 12.5. The van der Waals surface area contributed by atoms with Gasteiger partial charge in [0.05, 0.1) is 0 Å². The summed E-state index contributed by atoms with van der Waals surface area (Å²) in [5.41, 5.74) is 1.38. The van der Waals surface area contributed by atoms with Crippen LogP contribution in [0.2, 0.25) is 0 Å². The van der Waals surface area contributed by atoms with Crippen LogP contribution in [0.25, 0.3) is 0 Å². The molecule has 6 nitrogen and oxygen atoms in total. The lowest BCUT2D eigenvalue weighted by atomic mass is 10.0. The Morgan fingerprint density at radius 2 is 1.42 bits per heavy atom. The molecular weight excluding hydrogens is 330 g/mol. The van der Waals surface area contributed by atoms with E-state index >= 15 is 0 Å². The normalized spacial score (nSPS) is 12.5. The molecule has 0 aliphatic rings. The maximum Gasteiger partial charge on any atom is 0.251 e. The topological polar surface area (TPSA) is 87.3 Å². The van der Waals surface area contributed by atoms with Gasteiger partial charge in [-0.3, -0.25) is 14.4 Å². The Morgan fingerprint density at radius 1 is 0.846 bits per heavy atom. The number of benzene rings is 2. The number of rotatable bonds is 7. The molecule has 0 spiro atoms. The van der Waals surface area contributed by atoms with E-state index in [9.17, 15) is 14.4 Å². The molecule has 0 bridgehead atoms. The Balaban J connectivity index is 2.14. The van der Waals surface area contributed by atoms with Crippen molar-refractivity contribution in [2.75, 3.05) is 7.05 Å². The van der Waals surface area contributed by atoms with Crippen LogP contribution in [0.5, 0.6) is 0 Å². The van der Waals surface area contributed by atoms with Crippen LogP contribution in [0.3, 0.4) is 0 Å². The first kappa shape index (κ1) is 19.2. The average Bonchev–Trinajstić information content (AvgIpc) is 2.68. The molecule has 0 aliphatic carbocycles. The van der Waals surface area contributed by atoms with E-state index in [1.54, 1.807) is 31.2 Å². The Morgan fingerprint density at radius 3 is 2.00 bits per heavy atom. The standard InChI is InChI=1S/C20H23N3O3/c1-14(18(24)21-2)22-20(26)17(13-15-9-5-3-6-10-15)23-19(25)16-11-7-4-8-12-16/h3-12,14,17H,13H2,1-2H3,(H,21,24)(H,22,26)(H,23,25)/t14-,17+/m1/s1. The van der Waals surface area contributed by atoms with E-state index in [4.69, 9.17) is 0 Å². The van der Waals surface area contributed by atoms with E-state index < -0.39 is 18.0 Å². The summed E-state index contributed by atoms with van der Waals surface area (Å²) in [5, 5.41) is 7.89. The molecule has 0 aliphatic heterocycles.